The summed E-state index contributed by atoms with van der Waals surface area (Å²) in [4.78, 5) is 12.0. The first-order chi connectivity index (χ1) is 13.8. The summed E-state index contributed by atoms with van der Waals surface area (Å²) in [7, 11) is 0. The molecule has 170 valence electrons. The number of hydrogen-bond acceptors (Lipinski definition) is 2. The average Bonchev–Trinajstić information content (AvgIpc) is 2.64. The molecule has 0 fully saturated rings. The molecular weight excluding hydrogens is 368 g/mol. The van der Waals surface area contributed by atoms with Gasteiger partial charge in [0.15, 0.2) is 0 Å². The van der Waals surface area contributed by atoms with E-state index >= 15 is 0 Å². The van der Waals surface area contributed by atoms with Gasteiger partial charge < -0.3 is 4.74 Å². The molecule has 0 saturated carbocycles. The van der Waals surface area contributed by atoms with Crippen LogP contribution < -0.4 is 0 Å². The second-order valence-corrected chi connectivity index (χ2v) is 10.6. The van der Waals surface area contributed by atoms with Crippen molar-refractivity contribution in [2.45, 2.75) is 112 Å². The lowest BCUT2D eigenvalue weighted by atomic mass is 9.70. The topological polar surface area (TPSA) is 26.3 Å². The van der Waals surface area contributed by atoms with Crippen LogP contribution in [0.15, 0.2) is 47.6 Å². The van der Waals surface area contributed by atoms with Crippen molar-refractivity contribution in [2.75, 3.05) is 0 Å². The summed E-state index contributed by atoms with van der Waals surface area (Å²) in [5, 5.41) is 0. The van der Waals surface area contributed by atoms with Crippen molar-refractivity contribution in [3.05, 3.63) is 47.6 Å². The lowest BCUT2D eigenvalue weighted by molar-refractivity contribution is -0.154. The maximum atomic E-state index is 12.0. The molecule has 0 bridgehead atoms. The van der Waals surface area contributed by atoms with E-state index in [0.717, 1.165) is 12.8 Å². The van der Waals surface area contributed by atoms with Gasteiger partial charge in [-0.25, -0.2) is 0 Å². The smallest absolute Gasteiger partial charge is 0.310 e. The van der Waals surface area contributed by atoms with Crippen LogP contribution in [-0.4, -0.2) is 11.6 Å². The molecule has 0 amide bonds. The second-order valence-electron chi connectivity index (χ2n) is 10.6. The van der Waals surface area contributed by atoms with Gasteiger partial charge in [0.2, 0.25) is 0 Å². The Kier molecular flexibility index (Phi) is 9.39. The Bertz CT molecular complexity index is 701. The Labute approximate surface area is 186 Å². The van der Waals surface area contributed by atoms with Crippen LogP contribution in [0, 0.1) is 10.8 Å². The van der Waals surface area contributed by atoms with Crippen molar-refractivity contribution in [1.82, 2.24) is 0 Å². The molecule has 0 heterocycles. The lowest BCUT2D eigenvalue weighted by Gasteiger charge is -2.35. The third-order valence-corrected chi connectivity index (χ3v) is 6.90. The highest BCUT2D eigenvalue weighted by atomic mass is 16.6. The summed E-state index contributed by atoms with van der Waals surface area (Å²) in [5.41, 5.74) is 5.61. The standard InChI is InChI=1S/C16H26O2.C12H20/c1-7-16(6)10-8-9-12(2)13(16)11-14(17)18-15(3,4)5;1-5-11-10(3)8-7-9-12(11,4)6-2/h7H,1,8-11H2,2-6H3;6H,2,5,7-9H2,1,3-4H3. The van der Waals surface area contributed by atoms with Gasteiger partial charge in [0.05, 0.1) is 6.42 Å². The minimum Gasteiger partial charge on any atom is -0.460 e. The molecule has 0 aliphatic heterocycles. The summed E-state index contributed by atoms with van der Waals surface area (Å²) < 4.78 is 5.42. The van der Waals surface area contributed by atoms with Gasteiger partial charge in [0.1, 0.15) is 5.60 Å². The van der Waals surface area contributed by atoms with Gasteiger partial charge in [-0.3, -0.25) is 4.79 Å². The maximum absolute atomic E-state index is 12.0. The van der Waals surface area contributed by atoms with Gasteiger partial charge >= 0.3 is 5.97 Å². The van der Waals surface area contributed by atoms with E-state index in [1.54, 1.807) is 11.1 Å². The van der Waals surface area contributed by atoms with Gasteiger partial charge in [-0.2, -0.15) is 0 Å². The summed E-state index contributed by atoms with van der Waals surface area (Å²) >= 11 is 0. The molecule has 0 saturated heterocycles. The zero-order valence-corrected chi connectivity index (χ0v) is 21.0. The van der Waals surface area contributed by atoms with Crippen LogP contribution in [-0.2, 0) is 9.53 Å². The van der Waals surface area contributed by atoms with Gasteiger partial charge in [-0.1, -0.05) is 55.2 Å². The molecule has 2 heteroatoms. The second kappa shape index (κ2) is 10.6. The van der Waals surface area contributed by atoms with Crippen LogP contribution in [0.1, 0.15) is 107 Å². The normalized spacial score (nSPS) is 27.2. The fraction of sp³-hybridized carbons (Fsp3) is 0.679. The summed E-state index contributed by atoms with van der Waals surface area (Å²) in [6.07, 6.45) is 12.9. The third kappa shape index (κ3) is 7.00. The number of carbonyl (C=O) groups is 1. The Hall–Kier alpha value is -1.57. The molecule has 0 radical (unpaired) electrons. The van der Waals surface area contributed by atoms with E-state index in [0.29, 0.717) is 11.8 Å². The van der Waals surface area contributed by atoms with Crippen LogP contribution in [0.4, 0.5) is 0 Å². The van der Waals surface area contributed by atoms with Crippen molar-refractivity contribution in [2.24, 2.45) is 10.8 Å². The van der Waals surface area contributed by atoms with Gasteiger partial charge in [-0.05, 0) is 79.6 Å². The molecule has 30 heavy (non-hydrogen) atoms. The summed E-state index contributed by atoms with van der Waals surface area (Å²) in [6.45, 7) is 24.7. The fourth-order valence-electron chi connectivity index (χ4n) is 5.05. The predicted octanol–water partition coefficient (Wildman–Crippen LogP) is 8.50. The number of carbonyl (C=O) groups excluding carboxylic acids is 1. The first kappa shape index (κ1) is 26.5. The molecule has 0 aromatic rings. The van der Waals surface area contributed by atoms with Crippen LogP contribution >= 0.6 is 0 Å². The van der Waals surface area contributed by atoms with Crippen molar-refractivity contribution in [3.8, 4) is 0 Å². The van der Waals surface area contributed by atoms with Gasteiger partial charge in [0.25, 0.3) is 0 Å². The first-order valence-corrected chi connectivity index (χ1v) is 11.7. The molecule has 0 aromatic carbocycles. The Morgan fingerprint density at radius 2 is 1.40 bits per heavy atom. The number of hydrogen-bond donors (Lipinski definition) is 0. The molecule has 0 aromatic heterocycles. The number of esters is 1. The molecule has 0 spiro atoms. The first-order valence-electron chi connectivity index (χ1n) is 11.7. The maximum Gasteiger partial charge on any atom is 0.310 e. The minimum atomic E-state index is -0.412. The van der Waals surface area contributed by atoms with Crippen LogP contribution in [0.5, 0.6) is 0 Å². The Morgan fingerprint density at radius 1 is 0.967 bits per heavy atom. The Morgan fingerprint density at radius 3 is 1.77 bits per heavy atom. The van der Waals surface area contributed by atoms with E-state index in [4.69, 9.17) is 4.74 Å². The van der Waals surface area contributed by atoms with E-state index < -0.39 is 5.60 Å². The summed E-state index contributed by atoms with van der Waals surface area (Å²) in [5.74, 6) is -0.133. The molecule has 2 atom stereocenters. The van der Waals surface area contributed by atoms with Crippen molar-refractivity contribution < 1.29 is 9.53 Å². The molecular formula is C28H46O2. The fourth-order valence-corrected chi connectivity index (χ4v) is 5.05. The van der Waals surface area contributed by atoms with Crippen molar-refractivity contribution >= 4 is 5.97 Å². The SMILES string of the molecule is C=CC1(C)CCCC(C)=C1CC.C=CC1(C)CCCC(C)=C1CC(=O)OC(C)(C)C. The number of ether oxygens (including phenoxy) is 1. The molecule has 2 unspecified atom stereocenters. The zero-order valence-electron chi connectivity index (χ0n) is 21.0. The predicted molar refractivity (Wildman–Crippen MR) is 130 cm³/mol. The van der Waals surface area contributed by atoms with E-state index in [-0.39, 0.29) is 11.4 Å². The van der Waals surface area contributed by atoms with E-state index in [2.05, 4.69) is 53.9 Å². The largest absolute Gasteiger partial charge is 0.460 e. The minimum absolute atomic E-state index is 0.0424. The quantitative estimate of drug-likeness (QED) is 0.333. The van der Waals surface area contributed by atoms with Crippen LogP contribution in [0.2, 0.25) is 0 Å². The van der Waals surface area contributed by atoms with E-state index in [9.17, 15) is 4.79 Å². The lowest BCUT2D eigenvalue weighted by Crippen LogP contribution is -2.28. The van der Waals surface area contributed by atoms with Crippen LogP contribution in [0.25, 0.3) is 0 Å². The van der Waals surface area contributed by atoms with E-state index in [1.807, 2.05) is 26.8 Å². The molecule has 2 rings (SSSR count). The molecule has 2 aliphatic carbocycles. The highest BCUT2D eigenvalue weighted by Gasteiger charge is 2.32. The van der Waals surface area contributed by atoms with Gasteiger partial charge in [-0.15, -0.1) is 13.2 Å². The molecule has 0 N–H and O–H groups in total. The third-order valence-electron chi connectivity index (χ3n) is 6.90. The van der Waals surface area contributed by atoms with Gasteiger partial charge in [0, 0.05) is 10.8 Å². The number of rotatable bonds is 5. The molecule has 2 nitrogen and oxygen atoms in total. The molecule has 2 aliphatic rings. The zero-order chi connectivity index (χ0) is 23.2. The van der Waals surface area contributed by atoms with Crippen LogP contribution in [0.3, 0.4) is 0 Å². The highest BCUT2D eigenvalue weighted by Crippen LogP contribution is 2.44. The number of allylic oxidation sites excluding steroid dienone is 5. The van der Waals surface area contributed by atoms with E-state index in [1.165, 1.54) is 43.3 Å². The monoisotopic (exact) mass is 414 g/mol. The van der Waals surface area contributed by atoms with Crippen molar-refractivity contribution in [1.29, 1.82) is 0 Å². The van der Waals surface area contributed by atoms with Crippen molar-refractivity contribution in [3.63, 3.8) is 0 Å². The highest BCUT2D eigenvalue weighted by molar-refractivity contribution is 5.73. The Balaban J connectivity index is 0.000000325. The average molecular weight is 415 g/mol. The summed E-state index contributed by atoms with van der Waals surface area (Å²) in [6, 6.07) is 0.